The molecule has 4 nitrogen and oxygen atoms in total. The summed E-state index contributed by atoms with van der Waals surface area (Å²) in [5.74, 6) is 0.472. The normalized spacial score (nSPS) is 16.9. The minimum atomic E-state index is -0.126. The first-order valence-corrected chi connectivity index (χ1v) is 10.4. The molecule has 0 aromatic heterocycles. The van der Waals surface area contributed by atoms with Crippen molar-refractivity contribution >= 4 is 11.6 Å². The van der Waals surface area contributed by atoms with Crippen LogP contribution in [0.25, 0.3) is 0 Å². The van der Waals surface area contributed by atoms with E-state index in [1.54, 1.807) is 0 Å². The SMILES string of the molecule is Cc1cccc(C(C)C)c1NC(=O)[C@H](C)N1CCN(Cc2ccccc2)CC1. The molecule has 1 aliphatic rings. The Labute approximate surface area is 169 Å². The van der Waals surface area contributed by atoms with Gasteiger partial charge in [-0.25, -0.2) is 0 Å². The van der Waals surface area contributed by atoms with Crippen LogP contribution in [0.15, 0.2) is 48.5 Å². The van der Waals surface area contributed by atoms with Crippen LogP contribution in [0.2, 0.25) is 0 Å². The molecule has 150 valence electrons. The van der Waals surface area contributed by atoms with Crippen molar-refractivity contribution in [3.8, 4) is 0 Å². The van der Waals surface area contributed by atoms with Crippen molar-refractivity contribution < 1.29 is 4.79 Å². The zero-order chi connectivity index (χ0) is 20.1. The molecule has 0 aliphatic carbocycles. The molecule has 3 rings (SSSR count). The van der Waals surface area contributed by atoms with E-state index in [1.807, 2.05) is 6.92 Å². The summed E-state index contributed by atoms with van der Waals surface area (Å²) < 4.78 is 0. The predicted molar refractivity (Wildman–Crippen MR) is 117 cm³/mol. The van der Waals surface area contributed by atoms with Crippen molar-refractivity contribution in [3.05, 3.63) is 65.2 Å². The molecular weight excluding hydrogens is 346 g/mol. The molecule has 1 fully saturated rings. The zero-order valence-corrected chi connectivity index (χ0v) is 17.6. The van der Waals surface area contributed by atoms with Crippen molar-refractivity contribution in [1.29, 1.82) is 0 Å². The third kappa shape index (κ3) is 5.00. The van der Waals surface area contributed by atoms with Gasteiger partial charge in [0.2, 0.25) is 5.91 Å². The van der Waals surface area contributed by atoms with E-state index in [4.69, 9.17) is 0 Å². The minimum Gasteiger partial charge on any atom is -0.324 e. The van der Waals surface area contributed by atoms with E-state index in [0.717, 1.165) is 44.0 Å². The molecule has 2 aromatic carbocycles. The number of carbonyl (C=O) groups is 1. The lowest BCUT2D eigenvalue weighted by atomic mass is 9.98. The third-order valence-electron chi connectivity index (χ3n) is 5.76. The summed E-state index contributed by atoms with van der Waals surface area (Å²) in [4.78, 5) is 17.7. The summed E-state index contributed by atoms with van der Waals surface area (Å²) in [6.07, 6.45) is 0. The fourth-order valence-corrected chi connectivity index (χ4v) is 3.89. The van der Waals surface area contributed by atoms with Gasteiger partial charge in [0.15, 0.2) is 0 Å². The summed E-state index contributed by atoms with van der Waals surface area (Å²) in [5, 5.41) is 3.21. The summed E-state index contributed by atoms with van der Waals surface area (Å²) in [6, 6.07) is 16.7. The fourth-order valence-electron chi connectivity index (χ4n) is 3.89. The average molecular weight is 380 g/mol. The molecule has 1 aliphatic heterocycles. The number of rotatable bonds is 6. The summed E-state index contributed by atoms with van der Waals surface area (Å²) in [5.41, 5.74) is 4.66. The molecule has 1 amide bonds. The molecule has 0 bridgehead atoms. The summed E-state index contributed by atoms with van der Waals surface area (Å²) in [6.45, 7) is 13.2. The van der Waals surface area contributed by atoms with Crippen LogP contribution in [0.1, 0.15) is 43.4 Å². The summed E-state index contributed by atoms with van der Waals surface area (Å²) >= 11 is 0. The van der Waals surface area contributed by atoms with E-state index in [-0.39, 0.29) is 11.9 Å². The Hall–Kier alpha value is -2.17. The monoisotopic (exact) mass is 379 g/mol. The Morgan fingerprint density at radius 1 is 0.964 bits per heavy atom. The van der Waals surface area contributed by atoms with Crippen LogP contribution in [-0.4, -0.2) is 47.9 Å². The predicted octanol–water partition coefficient (Wildman–Crippen LogP) is 4.26. The number of nitrogens with one attached hydrogen (secondary N) is 1. The van der Waals surface area contributed by atoms with Gasteiger partial charge in [0, 0.05) is 38.4 Å². The van der Waals surface area contributed by atoms with Gasteiger partial charge in [0.25, 0.3) is 0 Å². The Kier molecular flexibility index (Phi) is 6.87. The quantitative estimate of drug-likeness (QED) is 0.814. The molecule has 0 spiro atoms. The summed E-state index contributed by atoms with van der Waals surface area (Å²) in [7, 11) is 0. The third-order valence-corrected chi connectivity index (χ3v) is 5.76. The highest BCUT2D eigenvalue weighted by Crippen LogP contribution is 2.27. The molecule has 0 radical (unpaired) electrons. The number of hydrogen-bond donors (Lipinski definition) is 1. The number of anilines is 1. The number of carbonyl (C=O) groups excluding carboxylic acids is 1. The standard InChI is InChI=1S/C24H33N3O/c1-18(2)22-12-8-9-19(3)23(22)25-24(28)20(4)27-15-13-26(14-16-27)17-21-10-6-5-7-11-21/h5-12,18,20H,13-17H2,1-4H3,(H,25,28)/t20-/m0/s1. The first-order chi connectivity index (χ1) is 13.5. The molecule has 0 saturated carbocycles. The maximum Gasteiger partial charge on any atom is 0.241 e. The van der Waals surface area contributed by atoms with E-state index < -0.39 is 0 Å². The van der Waals surface area contributed by atoms with Crippen LogP contribution >= 0.6 is 0 Å². The van der Waals surface area contributed by atoms with Crippen molar-refractivity contribution in [1.82, 2.24) is 9.80 Å². The van der Waals surface area contributed by atoms with E-state index in [2.05, 4.69) is 84.4 Å². The second-order valence-corrected chi connectivity index (χ2v) is 8.16. The van der Waals surface area contributed by atoms with Crippen molar-refractivity contribution in [2.45, 2.75) is 46.2 Å². The van der Waals surface area contributed by atoms with Gasteiger partial charge >= 0.3 is 0 Å². The second-order valence-electron chi connectivity index (χ2n) is 8.16. The largest absolute Gasteiger partial charge is 0.324 e. The van der Waals surface area contributed by atoms with Gasteiger partial charge in [-0.05, 0) is 36.5 Å². The molecule has 1 saturated heterocycles. The molecule has 0 unspecified atom stereocenters. The highest BCUT2D eigenvalue weighted by atomic mass is 16.2. The lowest BCUT2D eigenvalue weighted by molar-refractivity contribution is -0.121. The van der Waals surface area contributed by atoms with Gasteiger partial charge in [-0.2, -0.15) is 0 Å². The van der Waals surface area contributed by atoms with Gasteiger partial charge in [0.05, 0.1) is 6.04 Å². The maximum absolute atomic E-state index is 12.9. The number of benzene rings is 2. The highest BCUT2D eigenvalue weighted by molar-refractivity contribution is 5.96. The lowest BCUT2D eigenvalue weighted by Crippen LogP contribution is -2.52. The molecule has 1 N–H and O–H groups in total. The number of para-hydroxylation sites is 1. The van der Waals surface area contributed by atoms with E-state index in [0.29, 0.717) is 5.92 Å². The average Bonchev–Trinajstić information content (AvgIpc) is 2.70. The minimum absolute atomic E-state index is 0.0905. The number of piperazine rings is 1. The molecule has 4 heteroatoms. The van der Waals surface area contributed by atoms with Crippen LogP contribution in [0.4, 0.5) is 5.69 Å². The van der Waals surface area contributed by atoms with Gasteiger partial charge in [-0.15, -0.1) is 0 Å². The van der Waals surface area contributed by atoms with Crippen molar-refractivity contribution in [3.63, 3.8) is 0 Å². The lowest BCUT2D eigenvalue weighted by Gasteiger charge is -2.37. The molecular formula is C24H33N3O. The highest BCUT2D eigenvalue weighted by Gasteiger charge is 2.26. The van der Waals surface area contributed by atoms with Gasteiger partial charge in [0.1, 0.15) is 0 Å². The molecule has 1 heterocycles. The molecule has 28 heavy (non-hydrogen) atoms. The Bertz CT molecular complexity index is 780. The van der Waals surface area contributed by atoms with Gasteiger partial charge in [-0.1, -0.05) is 62.4 Å². The molecule has 2 aromatic rings. The second kappa shape index (κ2) is 9.35. The Balaban J connectivity index is 1.57. The van der Waals surface area contributed by atoms with E-state index >= 15 is 0 Å². The molecule has 1 atom stereocenters. The Morgan fingerprint density at radius 2 is 1.64 bits per heavy atom. The first kappa shape index (κ1) is 20.6. The van der Waals surface area contributed by atoms with E-state index in [1.165, 1.54) is 11.1 Å². The van der Waals surface area contributed by atoms with Crippen molar-refractivity contribution in [2.24, 2.45) is 0 Å². The zero-order valence-electron chi connectivity index (χ0n) is 17.6. The number of nitrogens with zero attached hydrogens (tertiary/aromatic N) is 2. The van der Waals surface area contributed by atoms with Crippen LogP contribution in [0.3, 0.4) is 0 Å². The number of amides is 1. The van der Waals surface area contributed by atoms with Crippen LogP contribution in [0, 0.1) is 6.92 Å². The van der Waals surface area contributed by atoms with Gasteiger partial charge < -0.3 is 5.32 Å². The van der Waals surface area contributed by atoms with Crippen LogP contribution in [-0.2, 0) is 11.3 Å². The Morgan fingerprint density at radius 3 is 2.29 bits per heavy atom. The number of aryl methyl sites for hydroxylation is 1. The topological polar surface area (TPSA) is 35.6 Å². The van der Waals surface area contributed by atoms with Crippen LogP contribution < -0.4 is 5.32 Å². The first-order valence-electron chi connectivity index (χ1n) is 10.4. The smallest absolute Gasteiger partial charge is 0.241 e. The number of hydrogen-bond acceptors (Lipinski definition) is 3. The van der Waals surface area contributed by atoms with Crippen molar-refractivity contribution in [2.75, 3.05) is 31.5 Å². The maximum atomic E-state index is 12.9. The fraction of sp³-hybridized carbons (Fsp3) is 0.458. The van der Waals surface area contributed by atoms with E-state index in [9.17, 15) is 4.79 Å². The van der Waals surface area contributed by atoms with Crippen LogP contribution in [0.5, 0.6) is 0 Å². The van der Waals surface area contributed by atoms with Gasteiger partial charge in [-0.3, -0.25) is 14.6 Å².